The van der Waals surface area contributed by atoms with Gasteiger partial charge in [-0.1, -0.05) is 110 Å². The minimum absolute atomic E-state index is 0.0815. The number of amides is 1. The number of benzene rings is 3. The quantitative estimate of drug-likeness (QED) is 0.124. The number of hydrogen-bond acceptors (Lipinski definition) is 9. The number of aliphatic hydroxyl groups is 1. The Kier molecular flexibility index (Phi) is 12.5. The molecule has 6 aromatic rings. The Morgan fingerprint density at radius 1 is 1.02 bits per heavy atom. The number of nitrogens with one attached hydrogen (secondary N) is 1. The number of H-pyrrole nitrogens is 1. The van der Waals surface area contributed by atoms with Gasteiger partial charge in [-0.15, -0.1) is 4.80 Å². The first-order valence-corrected chi connectivity index (χ1v) is 23.1. The highest BCUT2D eigenvalue weighted by atomic mass is 32.1. The lowest BCUT2D eigenvalue weighted by Gasteiger charge is -2.44. The van der Waals surface area contributed by atoms with Crippen LogP contribution in [0, 0.1) is 18.7 Å². The van der Waals surface area contributed by atoms with Crippen LogP contribution in [0.15, 0.2) is 101 Å². The highest BCUT2D eigenvalue weighted by Crippen LogP contribution is 2.39. The standard InChI is InChI=1S/C44H51FN6O6SSi/c1-29(40(53)49-22-18-32(27-49)50-41(54)38-30(2)42(51-46-20-21-47-51)58-39(38)48-43(50)55)19-23-56-36-17-16-31(45)26-35(36)37(28-52)57-24-25-59(44(3,4)5,33-12-8-6-9-13-33)34-14-10-7-11-15-34/h6-17,20-21,26,29,32,37,52H,18-19,22-25,27-28H2,1-5H3,(H,48,55)/t29?,32-,37+/m1/s1. The van der Waals surface area contributed by atoms with E-state index in [0.29, 0.717) is 58.1 Å². The Labute approximate surface area is 347 Å². The third kappa shape index (κ3) is 8.33. The number of aliphatic hydroxyl groups excluding tert-OH is 1. The number of likely N-dealkylation sites (tertiary alicyclic amines) is 1. The first-order valence-electron chi connectivity index (χ1n) is 20.0. The molecule has 1 aliphatic rings. The van der Waals surface area contributed by atoms with Crippen LogP contribution in [-0.4, -0.2) is 81.4 Å². The second-order valence-corrected chi connectivity index (χ2v) is 22.3. The molecule has 0 saturated carbocycles. The van der Waals surface area contributed by atoms with Crippen molar-refractivity contribution in [2.45, 2.75) is 70.7 Å². The van der Waals surface area contributed by atoms with Crippen molar-refractivity contribution in [3.63, 3.8) is 0 Å². The summed E-state index contributed by atoms with van der Waals surface area (Å²) in [6.45, 7) is 11.2. The molecule has 12 nitrogen and oxygen atoms in total. The number of aryl methyl sites for hydroxylation is 1. The van der Waals surface area contributed by atoms with Crippen LogP contribution in [0.3, 0.4) is 0 Å². The van der Waals surface area contributed by atoms with Gasteiger partial charge in [-0.25, -0.2) is 9.18 Å². The minimum Gasteiger partial charge on any atom is -0.493 e. The molecule has 1 amide bonds. The van der Waals surface area contributed by atoms with Gasteiger partial charge in [0.2, 0.25) is 5.91 Å². The fourth-order valence-corrected chi connectivity index (χ4v) is 15.1. The lowest BCUT2D eigenvalue weighted by Crippen LogP contribution is -2.64. The summed E-state index contributed by atoms with van der Waals surface area (Å²) in [5.41, 5.74) is 0.151. The molecule has 1 fully saturated rings. The van der Waals surface area contributed by atoms with Crippen LogP contribution in [0.5, 0.6) is 5.75 Å². The lowest BCUT2D eigenvalue weighted by atomic mass is 10.1. The number of halogens is 1. The number of rotatable bonds is 15. The topological polar surface area (TPSA) is 145 Å². The molecule has 0 aliphatic carbocycles. The van der Waals surface area contributed by atoms with Gasteiger partial charge in [-0.05, 0) is 49.0 Å². The lowest BCUT2D eigenvalue weighted by molar-refractivity contribution is -0.134. The predicted octanol–water partition coefficient (Wildman–Crippen LogP) is 5.77. The van der Waals surface area contributed by atoms with E-state index in [1.54, 1.807) is 24.2 Å². The van der Waals surface area contributed by atoms with Crippen molar-refractivity contribution in [1.29, 1.82) is 0 Å². The second kappa shape index (κ2) is 17.6. The Balaban J connectivity index is 0.999. The summed E-state index contributed by atoms with van der Waals surface area (Å²) in [6, 6.07) is 25.6. The van der Waals surface area contributed by atoms with Gasteiger partial charge in [0.05, 0.1) is 37.0 Å². The Hall–Kier alpha value is -5.22. The molecule has 7 rings (SSSR count). The second-order valence-electron chi connectivity index (χ2n) is 16.3. The Morgan fingerprint density at radius 2 is 1.68 bits per heavy atom. The monoisotopic (exact) mass is 838 g/mol. The molecule has 0 spiro atoms. The number of ether oxygens (including phenoxy) is 2. The van der Waals surface area contributed by atoms with Gasteiger partial charge in [-0.3, -0.25) is 19.1 Å². The zero-order valence-corrected chi connectivity index (χ0v) is 35.9. The van der Waals surface area contributed by atoms with Crippen molar-refractivity contribution in [1.82, 2.24) is 29.4 Å². The third-order valence-corrected chi connectivity index (χ3v) is 19.1. The summed E-state index contributed by atoms with van der Waals surface area (Å²) < 4.78 is 28.6. The van der Waals surface area contributed by atoms with Crippen LogP contribution in [0.25, 0.3) is 15.2 Å². The van der Waals surface area contributed by atoms with Crippen molar-refractivity contribution >= 4 is 45.9 Å². The van der Waals surface area contributed by atoms with Crippen LogP contribution in [0.2, 0.25) is 11.1 Å². The first-order chi connectivity index (χ1) is 28.3. The third-order valence-electron chi connectivity index (χ3n) is 11.8. The predicted molar refractivity (Wildman–Crippen MR) is 230 cm³/mol. The fourth-order valence-electron chi connectivity index (χ4n) is 8.63. The zero-order valence-electron chi connectivity index (χ0n) is 34.1. The molecule has 1 saturated heterocycles. The van der Waals surface area contributed by atoms with E-state index < -0.39 is 43.2 Å². The minimum atomic E-state index is -2.45. The van der Waals surface area contributed by atoms with Gasteiger partial charge >= 0.3 is 5.69 Å². The molecule has 310 valence electrons. The maximum absolute atomic E-state index is 14.8. The number of aromatic nitrogens is 5. The van der Waals surface area contributed by atoms with E-state index in [4.69, 9.17) is 9.47 Å². The van der Waals surface area contributed by atoms with Crippen molar-refractivity contribution in [2.24, 2.45) is 5.92 Å². The molecule has 0 bridgehead atoms. The molecule has 4 heterocycles. The number of hydrogen-bond donors (Lipinski definition) is 2. The largest absolute Gasteiger partial charge is 0.493 e. The van der Waals surface area contributed by atoms with E-state index in [2.05, 4.69) is 84.5 Å². The van der Waals surface area contributed by atoms with Crippen molar-refractivity contribution in [2.75, 3.05) is 32.9 Å². The molecular formula is C44H51FN6O6SSi. The van der Waals surface area contributed by atoms with Gasteiger partial charge in [0, 0.05) is 36.7 Å². The Bertz CT molecular complexity index is 2460. The van der Waals surface area contributed by atoms with Gasteiger partial charge in [0.25, 0.3) is 5.56 Å². The summed E-state index contributed by atoms with van der Waals surface area (Å²) in [6.07, 6.45) is 3.07. The molecule has 1 aliphatic heterocycles. The molecule has 1 unspecified atom stereocenters. The first kappa shape index (κ1) is 41.9. The summed E-state index contributed by atoms with van der Waals surface area (Å²) in [7, 11) is -2.45. The molecule has 0 radical (unpaired) electrons. The number of carbonyl (C=O) groups is 1. The summed E-state index contributed by atoms with van der Waals surface area (Å²) in [5, 5.41) is 22.5. The number of nitrogens with zero attached hydrogens (tertiary/aromatic N) is 5. The zero-order chi connectivity index (χ0) is 41.9. The number of thiophene rings is 1. The average molecular weight is 839 g/mol. The van der Waals surface area contributed by atoms with Gasteiger partial charge in [0.1, 0.15) is 35.6 Å². The van der Waals surface area contributed by atoms with Crippen LogP contribution in [0.1, 0.15) is 63.8 Å². The van der Waals surface area contributed by atoms with Crippen LogP contribution in [0.4, 0.5) is 4.39 Å². The van der Waals surface area contributed by atoms with E-state index in [0.717, 1.165) is 6.04 Å². The molecular weight excluding hydrogens is 788 g/mol. The van der Waals surface area contributed by atoms with Crippen molar-refractivity contribution < 1.29 is 23.8 Å². The van der Waals surface area contributed by atoms with Gasteiger partial charge in [-0.2, -0.15) is 10.2 Å². The highest BCUT2D eigenvalue weighted by molar-refractivity contribution is 7.21. The summed E-state index contributed by atoms with van der Waals surface area (Å²) in [4.78, 5) is 47.0. The van der Waals surface area contributed by atoms with Crippen LogP contribution >= 0.6 is 11.3 Å². The number of fused-ring (bicyclic) bond motifs is 1. The number of carbonyl (C=O) groups excluding carboxylic acids is 1. The normalized spacial score (nSPS) is 15.8. The summed E-state index contributed by atoms with van der Waals surface area (Å²) in [5.74, 6) is -0.648. The van der Waals surface area contributed by atoms with Crippen LogP contribution in [-0.2, 0) is 9.53 Å². The average Bonchev–Trinajstić information content (AvgIpc) is 4.00. The van der Waals surface area contributed by atoms with E-state index >= 15 is 0 Å². The fraction of sp³-hybridized carbons (Fsp3) is 0.386. The maximum atomic E-state index is 14.8. The van der Waals surface area contributed by atoms with E-state index in [9.17, 15) is 23.9 Å². The molecule has 59 heavy (non-hydrogen) atoms. The molecule has 3 atom stereocenters. The molecule has 3 aromatic carbocycles. The SMILES string of the molecule is Cc1c(-n2nccn2)sc2[nH]c(=O)n([C@@H]3CCN(C(=O)C(C)CCOc4ccc(F)cc4[C@H](CO)OCC[Si](c4ccccc4)(c4ccccc4)C(C)(C)C)C3)c(=O)c12. The van der Waals surface area contributed by atoms with Gasteiger partial charge in [0.15, 0.2) is 0 Å². The molecule has 3 aromatic heterocycles. The van der Waals surface area contributed by atoms with E-state index in [-0.39, 0.29) is 30.7 Å². The Morgan fingerprint density at radius 3 is 2.31 bits per heavy atom. The van der Waals surface area contributed by atoms with E-state index in [1.165, 1.54) is 49.3 Å². The van der Waals surface area contributed by atoms with Crippen molar-refractivity contribution in [3.8, 4) is 10.8 Å². The maximum Gasteiger partial charge on any atom is 0.329 e. The smallest absolute Gasteiger partial charge is 0.329 e. The van der Waals surface area contributed by atoms with E-state index in [1.807, 2.05) is 19.1 Å². The van der Waals surface area contributed by atoms with Crippen LogP contribution < -0.4 is 26.4 Å². The summed E-state index contributed by atoms with van der Waals surface area (Å²) >= 11 is 1.24. The number of aromatic amines is 1. The molecule has 2 N–H and O–H groups in total. The van der Waals surface area contributed by atoms with Crippen molar-refractivity contribution in [3.05, 3.63) is 129 Å². The molecule has 15 heteroatoms. The highest BCUT2D eigenvalue weighted by Gasteiger charge is 2.47. The van der Waals surface area contributed by atoms with Gasteiger partial charge < -0.3 is 19.5 Å².